The highest BCUT2D eigenvalue weighted by atomic mass is 16.2. The molecule has 1 aliphatic rings. The zero-order valence-electron chi connectivity index (χ0n) is 14.6. The van der Waals surface area contributed by atoms with Crippen LogP contribution in [0.5, 0.6) is 0 Å². The number of pyridine rings is 1. The van der Waals surface area contributed by atoms with Crippen molar-refractivity contribution in [3.63, 3.8) is 0 Å². The van der Waals surface area contributed by atoms with Crippen LogP contribution in [0.1, 0.15) is 40.6 Å². The number of imidazole rings is 1. The Morgan fingerprint density at radius 1 is 1.23 bits per heavy atom. The Balaban J connectivity index is 1.47. The maximum absolute atomic E-state index is 12.6. The highest BCUT2D eigenvalue weighted by molar-refractivity contribution is 5.93. The van der Waals surface area contributed by atoms with E-state index in [0.29, 0.717) is 11.5 Å². The van der Waals surface area contributed by atoms with Gasteiger partial charge >= 0.3 is 0 Å². The average molecular weight is 348 g/mol. The zero-order valence-corrected chi connectivity index (χ0v) is 14.6. The van der Waals surface area contributed by atoms with Gasteiger partial charge in [0.2, 0.25) is 0 Å². The van der Waals surface area contributed by atoms with Crippen LogP contribution in [0.3, 0.4) is 0 Å². The van der Waals surface area contributed by atoms with E-state index in [0.717, 1.165) is 49.0 Å². The smallest absolute Gasteiger partial charge is 0.255 e. The van der Waals surface area contributed by atoms with Crippen molar-refractivity contribution in [2.24, 2.45) is 0 Å². The minimum absolute atomic E-state index is 0.0479. The van der Waals surface area contributed by atoms with E-state index >= 15 is 0 Å². The van der Waals surface area contributed by atoms with E-state index in [1.54, 1.807) is 30.9 Å². The molecule has 1 saturated heterocycles. The summed E-state index contributed by atoms with van der Waals surface area (Å²) in [5.41, 5.74) is 2.48. The number of nitrogens with one attached hydrogen (secondary N) is 1. The number of likely N-dealkylation sites (tertiary alicyclic amines) is 1. The standard InChI is InChI=1S/C19H20N6O/c1-13-23-16(11-17(24-13)18-21-7-8-22-18)14-4-9-25(10-5-14)19(26)15-3-2-6-20-12-15/h2-3,6-8,11-12,14H,4-5,9-10H2,1H3,(H,21,22). The molecule has 1 fully saturated rings. The normalized spacial score (nSPS) is 15.2. The van der Waals surface area contributed by atoms with Crippen molar-refractivity contribution in [2.45, 2.75) is 25.7 Å². The van der Waals surface area contributed by atoms with Gasteiger partial charge in [0.05, 0.1) is 5.56 Å². The molecule has 3 aromatic heterocycles. The fourth-order valence-corrected chi connectivity index (χ4v) is 3.38. The first-order chi connectivity index (χ1) is 12.7. The van der Waals surface area contributed by atoms with Crippen LogP contribution in [0, 0.1) is 6.92 Å². The minimum atomic E-state index is 0.0479. The van der Waals surface area contributed by atoms with Crippen LogP contribution in [-0.4, -0.2) is 48.8 Å². The van der Waals surface area contributed by atoms with Crippen molar-refractivity contribution in [1.82, 2.24) is 29.8 Å². The van der Waals surface area contributed by atoms with Crippen molar-refractivity contribution in [1.29, 1.82) is 0 Å². The van der Waals surface area contributed by atoms with E-state index < -0.39 is 0 Å². The molecule has 1 aliphatic heterocycles. The Morgan fingerprint density at radius 3 is 2.77 bits per heavy atom. The number of H-pyrrole nitrogens is 1. The molecule has 26 heavy (non-hydrogen) atoms. The van der Waals surface area contributed by atoms with E-state index in [4.69, 9.17) is 0 Å². The molecule has 0 bridgehead atoms. The van der Waals surface area contributed by atoms with Crippen molar-refractivity contribution in [3.8, 4) is 11.5 Å². The number of carbonyl (C=O) groups is 1. The minimum Gasteiger partial charge on any atom is -0.343 e. The molecule has 1 N–H and O–H groups in total. The fraction of sp³-hybridized carbons (Fsp3) is 0.316. The van der Waals surface area contributed by atoms with Crippen LogP contribution in [0.4, 0.5) is 0 Å². The first-order valence-electron chi connectivity index (χ1n) is 8.75. The fourth-order valence-electron chi connectivity index (χ4n) is 3.38. The number of rotatable bonds is 3. The number of aryl methyl sites for hydroxylation is 1. The second-order valence-corrected chi connectivity index (χ2v) is 6.47. The van der Waals surface area contributed by atoms with Crippen LogP contribution in [0.2, 0.25) is 0 Å². The third kappa shape index (κ3) is 3.33. The summed E-state index contributed by atoms with van der Waals surface area (Å²) in [4.78, 5) is 35.0. The molecule has 0 radical (unpaired) electrons. The van der Waals surface area contributed by atoms with E-state index in [-0.39, 0.29) is 5.91 Å². The maximum atomic E-state index is 12.6. The van der Waals surface area contributed by atoms with Crippen LogP contribution in [0.25, 0.3) is 11.5 Å². The highest BCUT2D eigenvalue weighted by Gasteiger charge is 2.26. The lowest BCUT2D eigenvalue weighted by Gasteiger charge is -2.32. The van der Waals surface area contributed by atoms with Crippen molar-refractivity contribution in [3.05, 3.63) is 60.1 Å². The summed E-state index contributed by atoms with van der Waals surface area (Å²) in [6.07, 6.45) is 8.58. The molecule has 3 aromatic rings. The second-order valence-electron chi connectivity index (χ2n) is 6.47. The van der Waals surface area contributed by atoms with Crippen molar-refractivity contribution >= 4 is 5.91 Å². The average Bonchev–Trinajstić information content (AvgIpc) is 3.23. The van der Waals surface area contributed by atoms with E-state index in [1.807, 2.05) is 24.0 Å². The highest BCUT2D eigenvalue weighted by Crippen LogP contribution is 2.29. The van der Waals surface area contributed by atoms with Gasteiger partial charge in [0.15, 0.2) is 5.82 Å². The SMILES string of the molecule is Cc1nc(-c2ncc[nH]2)cc(C2CCN(C(=O)c3cccnc3)CC2)n1. The third-order valence-corrected chi connectivity index (χ3v) is 4.71. The van der Waals surface area contributed by atoms with Gasteiger partial charge in [0.1, 0.15) is 11.5 Å². The quantitative estimate of drug-likeness (QED) is 0.786. The van der Waals surface area contributed by atoms with Crippen LogP contribution < -0.4 is 0 Å². The van der Waals surface area contributed by atoms with Crippen molar-refractivity contribution in [2.75, 3.05) is 13.1 Å². The molecule has 7 nitrogen and oxygen atoms in total. The van der Waals surface area contributed by atoms with Gasteiger partial charge in [-0.2, -0.15) is 0 Å². The molecule has 0 aromatic carbocycles. The summed E-state index contributed by atoms with van der Waals surface area (Å²) in [6.45, 7) is 3.34. The number of carbonyl (C=O) groups excluding carboxylic acids is 1. The Morgan fingerprint density at radius 2 is 2.08 bits per heavy atom. The Hall–Kier alpha value is -3.09. The molecule has 132 valence electrons. The number of nitrogens with zero attached hydrogens (tertiary/aromatic N) is 5. The van der Waals surface area contributed by atoms with Gasteiger partial charge in [0, 0.05) is 49.5 Å². The second kappa shape index (κ2) is 7.03. The van der Waals surface area contributed by atoms with Gasteiger partial charge in [-0.3, -0.25) is 9.78 Å². The van der Waals surface area contributed by atoms with Gasteiger partial charge in [-0.1, -0.05) is 0 Å². The molecular weight excluding hydrogens is 328 g/mol. The summed E-state index contributed by atoms with van der Waals surface area (Å²) in [5, 5.41) is 0. The number of aromatic nitrogens is 5. The molecular formula is C19H20N6O. The third-order valence-electron chi connectivity index (χ3n) is 4.71. The van der Waals surface area contributed by atoms with Gasteiger partial charge in [-0.05, 0) is 38.0 Å². The van der Waals surface area contributed by atoms with Gasteiger partial charge in [-0.15, -0.1) is 0 Å². The van der Waals surface area contributed by atoms with E-state index in [1.165, 1.54) is 0 Å². The van der Waals surface area contributed by atoms with E-state index in [2.05, 4.69) is 24.9 Å². The number of hydrogen-bond donors (Lipinski definition) is 1. The lowest BCUT2D eigenvalue weighted by Crippen LogP contribution is -2.38. The summed E-state index contributed by atoms with van der Waals surface area (Å²) < 4.78 is 0. The largest absolute Gasteiger partial charge is 0.343 e. The van der Waals surface area contributed by atoms with Crippen LogP contribution in [-0.2, 0) is 0 Å². The monoisotopic (exact) mass is 348 g/mol. The molecule has 0 unspecified atom stereocenters. The summed E-state index contributed by atoms with van der Waals surface area (Å²) in [5.74, 6) is 1.86. The number of piperidine rings is 1. The van der Waals surface area contributed by atoms with Gasteiger partial charge in [-0.25, -0.2) is 15.0 Å². The zero-order chi connectivity index (χ0) is 17.9. The van der Waals surface area contributed by atoms with Gasteiger partial charge < -0.3 is 9.88 Å². The topological polar surface area (TPSA) is 87.7 Å². The summed E-state index contributed by atoms with van der Waals surface area (Å²) in [7, 11) is 0. The molecule has 4 heterocycles. The lowest BCUT2D eigenvalue weighted by molar-refractivity contribution is 0.0711. The molecule has 7 heteroatoms. The van der Waals surface area contributed by atoms with E-state index in [9.17, 15) is 4.79 Å². The predicted octanol–water partition coefficient (Wildman–Crippen LogP) is 2.59. The number of hydrogen-bond acceptors (Lipinski definition) is 5. The number of amides is 1. The van der Waals surface area contributed by atoms with Crippen molar-refractivity contribution < 1.29 is 4.79 Å². The van der Waals surface area contributed by atoms with Crippen LogP contribution >= 0.6 is 0 Å². The molecule has 0 atom stereocenters. The Labute approximate surface area is 151 Å². The van der Waals surface area contributed by atoms with Gasteiger partial charge in [0.25, 0.3) is 5.91 Å². The molecule has 0 spiro atoms. The molecule has 4 rings (SSSR count). The Bertz CT molecular complexity index is 886. The molecule has 0 aliphatic carbocycles. The first kappa shape index (κ1) is 16.4. The summed E-state index contributed by atoms with van der Waals surface area (Å²) >= 11 is 0. The number of aromatic amines is 1. The lowest BCUT2D eigenvalue weighted by atomic mass is 9.92. The Kier molecular flexibility index (Phi) is 4.43. The first-order valence-corrected chi connectivity index (χ1v) is 8.75. The maximum Gasteiger partial charge on any atom is 0.255 e. The molecule has 0 saturated carbocycles. The predicted molar refractivity (Wildman–Crippen MR) is 96.5 cm³/mol. The summed E-state index contributed by atoms with van der Waals surface area (Å²) in [6, 6.07) is 5.61. The van der Waals surface area contributed by atoms with Crippen LogP contribution in [0.15, 0.2) is 43.0 Å². The molecule has 1 amide bonds.